The Kier molecular flexibility index (Phi) is 7.65. The van der Waals surface area contributed by atoms with Crippen LogP contribution in [0.5, 0.6) is 0 Å². The summed E-state index contributed by atoms with van der Waals surface area (Å²) in [5.74, 6) is 1.04. The number of hydrogen-bond acceptors (Lipinski definition) is 6. The molecule has 8 nitrogen and oxygen atoms in total. The highest BCUT2D eigenvalue weighted by atomic mass is 32.2. The smallest absolute Gasteiger partial charge is 0.245 e. The summed E-state index contributed by atoms with van der Waals surface area (Å²) in [6, 6.07) is 11.8. The summed E-state index contributed by atoms with van der Waals surface area (Å²) in [5.41, 5.74) is 0.385. The fourth-order valence-electron chi connectivity index (χ4n) is 3.44. The number of aromatic nitrogens is 1. The van der Waals surface area contributed by atoms with Crippen LogP contribution < -0.4 is 0 Å². The van der Waals surface area contributed by atoms with Crippen LogP contribution in [0, 0.1) is 6.92 Å². The lowest BCUT2D eigenvalue weighted by molar-refractivity contribution is -0.133. The Balaban J connectivity index is 1.90. The van der Waals surface area contributed by atoms with E-state index in [-0.39, 0.29) is 23.9 Å². The monoisotopic (exact) mass is 459 g/mol. The van der Waals surface area contributed by atoms with E-state index >= 15 is 0 Å². The highest BCUT2D eigenvalue weighted by Crippen LogP contribution is 2.25. The van der Waals surface area contributed by atoms with Gasteiger partial charge in [0.25, 0.3) is 0 Å². The second-order valence-corrected chi connectivity index (χ2v) is 9.65. The maximum atomic E-state index is 13.6. The molecule has 2 heterocycles. The normalized spacial score (nSPS) is 12.1. The van der Waals surface area contributed by atoms with Crippen molar-refractivity contribution in [2.75, 3.05) is 26.8 Å². The van der Waals surface area contributed by atoms with Crippen LogP contribution in [0.2, 0.25) is 0 Å². The highest BCUT2D eigenvalue weighted by molar-refractivity contribution is 7.89. The first-order chi connectivity index (χ1) is 15.2. The van der Waals surface area contributed by atoms with Gasteiger partial charge in [-0.05, 0) is 45.0 Å². The molecular formula is C23H29N3O5S. The zero-order valence-corrected chi connectivity index (χ0v) is 19.6. The van der Waals surface area contributed by atoms with Crippen molar-refractivity contribution in [2.45, 2.75) is 38.3 Å². The molecule has 0 atom stereocenters. The molecule has 3 aromatic rings. The Hall–Kier alpha value is -2.75. The standard InChI is InChI=1S/C23H29N3O5S/c1-17(2)26(32(28,29)21-9-5-7-19-8-6-12-24-23(19)21)16-22(27)25(13-14-30-4)15-20-11-10-18(3)31-20/h5-12,17H,13-16H2,1-4H3. The fraction of sp³-hybridized carbons (Fsp3) is 0.391. The topological polar surface area (TPSA) is 93.0 Å². The van der Waals surface area contributed by atoms with E-state index < -0.39 is 16.1 Å². The van der Waals surface area contributed by atoms with Gasteiger partial charge in [0.1, 0.15) is 16.4 Å². The van der Waals surface area contributed by atoms with E-state index in [0.29, 0.717) is 24.4 Å². The molecule has 32 heavy (non-hydrogen) atoms. The van der Waals surface area contributed by atoms with Gasteiger partial charge in [-0.3, -0.25) is 9.78 Å². The van der Waals surface area contributed by atoms with Crippen molar-refractivity contribution < 1.29 is 22.4 Å². The van der Waals surface area contributed by atoms with Gasteiger partial charge in [0.2, 0.25) is 15.9 Å². The summed E-state index contributed by atoms with van der Waals surface area (Å²) in [4.78, 5) is 19.1. The molecule has 1 amide bonds. The molecule has 0 aliphatic heterocycles. The number of amides is 1. The van der Waals surface area contributed by atoms with Gasteiger partial charge in [0.15, 0.2) is 0 Å². The van der Waals surface area contributed by atoms with Gasteiger partial charge < -0.3 is 14.1 Å². The Morgan fingerprint density at radius 1 is 1.16 bits per heavy atom. The molecule has 0 aliphatic carbocycles. The number of ether oxygens (including phenoxy) is 1. The number of nitrogens with zero attached hydrogens (tertiary/aromatic N) is 3. The first-order valence-electron chi connectivity index (χ1n) is 10.4. The van der Waals surface area contributed by atoms with Gasteiger partial charge in [0.05, 0.1) is 25.2 Å². The molecular weight excluding hydrogens is 430 g/mol. The van der Waals surface area contributed by atoms with Crippen LogP contribution in [-0.4, -0.2) is 61.4 Å². The number of methoxy groups -OCH3 is 1. The largest absolute Gasteiger partial charge is 0.464 e. The molecule has 0 spiro atoms. The van der Waals surface area contributed by atoms with Gasteiger partial charge in [-0.1, -0.05) is 18.2 Å². The van der Waals surface area contributed by atoms with E-state index in [1.54, 1.807) is 50.3 Å². The van der Waals surface area contributed by atoms with Gasteiger partial charge >= 0.3 is 0 Å². The number of para-hydroxylation sites is 1. The minimum absolute atomic E-state index is 0.0854. The van der Waals surface area contributed by atoms with Crippen LogP contribution in [0.4, 0.5) is 0 Å². The minimum atomic E-state index is -3.98. The lowest BCUT2D eigenvalue weighted by atomic mass is 10.2. The van der Waals surface area contributed by atoms with Crippen LogP contribution in [0.25, 0.3) is 10.9 Å². The van der Waals surface area contributed by atoms with Crippen LogP contribution in [0.1, 0.15) is 25.4 Å². The van der Waals surface area contributed by atoms with E-state index in [4.69, 9.17) is 9.15 Å². The molecule has 9 heteroatoms. The van der Waals surface area contributed by atoms with E-state index in [1.807, 2.05) is 25.1 Å². The molecule has 1 aromatic carbocycles. The Labute approximate surface area is 188 Å². The summed E-state index contributed by atoms with van der Waals surface area (Å²) in [6.45, 7) is 5.90. The summed E-state index contributed by atoms with van der Waals surface area (Å²) < 4.78 is 39.1. The number of fused-ring (bicyclic) bond motifs is 1. The van der Waals surface area contributed by atoms with Crippen molar-refractivity contribution in [2.24, 2.45) is 0 Å². The van der Waals surface area contributed by atoms with Gasteiger partial charge in [-0.15, -0.1) is 0 Å². The Bertz CT molecular complexity index is 1170. The third-order valence-electron chi connectivity index (χ3n) is 5.11. The molecule has 3 rings (SSSR count). The average Bonchev–Trinajstić information content (AvgIpc) is 3.18. The third kappa shape index (κ3) is 5.35. The first-order valence-corrected chi connectivity index (χ1v) is 11.9. The number of benzene rings is 1. The van der Waals surface area contributed by atoms with Crippen molar-refractivity contribution in [1.82, 2.24) is 14.2 Å². The van der Waals surface area contributed by atoms with E-state index in [2.05, 4.69) is 4.98 Å². The fourth-order valence-corrected chi connectivity index (χ4v) is 5.19. The number of carbonyl (C=O) groups excluding carboxylic acids is 1. The van der Waals surface area contributed by atoms with Crippen LogP contribution in [-0.2, 0) is 26.1 Å². The lowest BCUT2D eigenvalue weighted by Crippen LogP contribution is -2.46. The molecule has 2 aromatic heterocycles. The predicted octanol–water partition coefficient (Wildman–Crippen LogP) is 3.21. The molecule has 0 fully saturated rings. The first kappa shape index (κ1) is 23.9. The third-order valence-corrected chi connectivity index (χ3v) is 7.16. The molecule has 0 bridgehead atoms. The number of sulfonamides is 1. The summed E-state index contributed by atoms with van der Waals surface area (Å²) in [5, 5.41) is 0.721. The predicted molar refractivity (Wildman–Crippen MR) is 122 cm³/mol. The number of pyridine rings is 1. The molecule has 0 unspecified atom stereocenters. The summed E-state index contributed by atoms with van der Waals surface area (Å²) in [6.07, 6.45) is 1.56. The maximum absolute atomic E-state index is 13.6. The summed E-state index contributed by atoms with van der Waals surface area (Å²) >= 11 is 0. The van der Waals surface area contributed by atoms with Gasteiger partial charge in [-0.2, -0.15) is 4.31 Å². The number of aryl methyl sites for hydroxylation is 1. The quantitative estimate of drug-likeness (QED) is 0.462. The van der Waals surface area contributed by atoms with Crippen molar-refractivity contribution in [3.05, 3.63) is 60.2 Å². The van der Waals surface area contributed by atoms with E-state index in [9.17, 15) is 13.2 Å². The SMILES string of the molecule is COCCN(Cc1ccc(C)o1)C(=O)CN(C(C)C)S(=O)(=O)c1cccc2cccnc12. The molecule has 0 saturated heterocycles. The van der Waals surface area contributed by atoms with Crippen LogP contribution in [0.3, 0.4) is 0 Å². The van der Waals surface area contributed by atoms with Gasteiger partial charge in [0, 0.05) is 31.3 Å². The van der Waals surface area contributed by atoms with E-state index in [0.717, 1.165) is 11.1 Å². The van der Waals surface area contributed by atoms with Crippen molar-refractivity contribution >= 4 is 26.8 Å². The highest BCUT2D eigenvalue weighted by Gasteiger charge is 2.32. The Morgan fingerprint density at radius 2 is 1.91 bits per heavy atom. The number of rotatable bonds is 10. The zero-order valence-electron chi connectivity index (χ0n) is 18.8. The van der Waals surface area contributed by atoms with Crippen molar-refractivity contribution in [1.29, 1.82) is 0 Å². The van der Waals surface area contributed by atoms with Crippen molar-refractivity contribution in [3.63, 3.8) is 0 Å². The van der Waals surface area contributed by atoms with Crippen molar-refractivity contribution in [3.8, 4) is 0 Å². The number of carbonyl (C=O) groups is 1. The second kappa shape index (κ2) is 10.2. The zero-order chi connectivity index (χ0) is 23.3. The summed E-state index contributed by atoms with van der Waals surface area (Å²) in [7, 11) is -2.42. The van der Waals surface area contributed by atoms with Crippen LogP contribution >= 0.6 is 0 Å². The number of furan rings is 1. The molecule has 0 aliphatic rings. The molecule has 0 N–H and O–H groups in total. The second-order valence-electron chi connectivity index (χ2n) is 7.80. The van der Waals surface area contributed by atoms with E-state index in [1.165, 1.54) is 10.4 Å². The maximum Gasteiger partial charge on any atom is 0.245 e. The minimum Gasteiger partial charge on any atom is -0.464 e. The number of hydrogen-bond donors (Lipinski definition) is 0. The van der Waals surface area contributed by atoms with Gasteiger partial charge in [-0.25, -0.2) is 8.42 Å². The average molecular weight is 460 g/mol. The Morgan fingerprint density at radius 3 is 2.56 bits per heavy atom. The van der Waals surface area contributed by atoms with Crippen LogP contribution in [0.15, 0.2) is 58.0 Å². The molecule has 172 valence electrons. The lowest BCUT2D eigenvalue weighted by Gasteiger charge is -2.29. The molecule has 0 saturated carbocycles. The molecule has 0 radical (unpaired) electrons.